The minimum Gasteiger partial charge on any atom is -0.494 e. The summed E-state index contributed by atoms with van der Waals surface area (Å²) in [6, 6.07) is 3.99. The van der Waals surface area contributed by atoms with Crippen molar-refractivity contribution in [3.63, 3.8) is 0 Å². The molecule has 0 saturated carbocycles. The Bertz CT molecular complexity index is 478. The minimum absolute atomic E-state index is 0.646. The number of nitrogens with one attached hydrogen (secondary N) is 2. The van der Waals surface area contributed by atoms with Gasteiger partial charge in [0, 0.05) is 6.54 Å². The number of nitrogens with zero attached hydrogens (tertiary/aromatic N) is 2. The lowest BCUT2D eigenvalue weighted by Gasteiger charge is -2.09. The molecule has 0 aliphatic rings. The van der Waals surface area contributed by atoms with Gasteiger partial charge in [0.2, 0.25) is 5.95 Å². The number of ether oxygens (including phenoxy) is 1. The van der Waals surface area contributed by atoms with E-state index < -0.39 is 0 Å². The summed E-state index contributed by atoms with van der Waals surface area (Å²) in [7, 11) is 1.64. The van der Waals surface area contributed by atoms with Crippen molar-refractivity contribution in [2.24, 2.45) is 0 Å². The molecule has 90 valence electrons. The Morgan fingerprint density at radius 2 is 2.06 bits per heavy atom. The molecule has 2 aromatic rings. The van der Waals surface area contributed by atoms with E-state index in [1.807, 2.05) is 12.1 Å². The zero-order chi connectivity index (χ0) is 12.3. The number of H-pyrrole nitrogens is 1. The molecule has 1 heterocycles. The van der Waals surface area contributed by atoms with Gasteiger partial charge in [-0.15, -0.1) is 0 Å². The van der Waals surface area contributed by atoms with Crippen molar-refractivity contribution in [3.05, 3.63) is 33.0 Å². The lowest BCUT2D eigenvalue weighted by Crippen LogP contribution is -2.01. The molecular formula is C10H10Br2N4O. The van der Waals surface area contributed by atoms with Gasteiger partial charge in [-0.25, -0.2) is 10.1 Å². The Morgan fingerprint density at radius 3 is 2.59 bits per heavy atom. The quantitative estimate of drug-likeness (QED) is 0.878. The first-order chi connectivity index (χ1) is 8.20. The molecule has 0 saturated heterocycles. The number of benzene rings is 1. The third-order valence-electron chi connectivity index (χ3n) is 2.14. The zero-order valence-corrected chi connectivity index (χ0v) is 12.2. The summed E-state index contributed by atoms with van der Waals surface area (Å²) in [6.07, 6.45) is 1.46. The van der Waals surface area contributed by atoms with E-state index in [2.05, 4.69) is 52.4 Å². The summed E-state index contributed by atoms with van der Waals surface area (Å²) in [5.74, 6) is 1.43. The lowest BCUT2D eigenvalue weighted by atomic mass is 10.2. The molecule has 0 radical (unpaired) electrons. The molecule has 0 atom stereocenters. The first-order valence-electron chi connectivity index (χ1n) is 4.82. The number of anilines is 1. The third-order valence-corrected chi connectivity index (χ3v) is 3.32. The maximum Gasteiger partial charge on any atom is 0.218 e. The smallest absolute Gasteiger partial charge is 0.218 e. The standard InChI is InChI=1S/C10H10Br2N4O/c1-17-9-7(11)2-6(3-8(9)12)4-13-10-14-5-15-16-10/h2-3,5H,4H2,1H3,(H2,13,14,15,16). The number of methoxy groups -OCH3 is 1. The number of aromatic amines is 1. The highest BCUT2D eigenvalue weighted by atomic mass is 79.9. The van der Waals surface area contributed by atoms with E-state index in [0.29, 0.717) is 12.5 Å². The molecule has 1 aromatic carbocycles. The predicted molar refractivity (Wildman–Crippen MR) is 72.1 cm³/mol. The molecule has 0 fully saturated rings. The van der Waals surface area contributed by atoms with Crippen LogP contribution in [0.2, 0.25) is 0 Å². The molecule has 0 spiro atoms. The van der Waals surface area contributed by atoms with Crippen molar-refractivity contribution in [2.75, 3.05) is 12.4 Å². The molecule has 0 bridgehead atoms. The monoisotopic (exact) mass is 360 g/mol. The highest BCUT2D eigenvalue weighted by Gasteiger charge is 2.07. The second-order valence-electron chi connectivity index (χ2n) is 3.28. The van der Waals surface area contributed by atoms with Crippen molar-refractivity contribution in [1.29, 1.82) is 0 Å². The van der Waals surface area contributed by atoms with Crippen LogP contribution in [0.5, 0.6) is 5.75 Å². The zero-order valence-electron chi connectivity index (χ0n) is 9.00. The Labute approximate surface area is 115 Å². The molecule has 0 unspecified atom stereocenters. The normalized spacial score (nSPS) is 10.3. The molecule has 0 aliphatic heterocycles. The van der Waals surface area contributed by atoms with E-state index in [-0.39, 0.29) is 0 Å². The molecule has 2 N–H and O–H groups in total. The van der Waals surface area contributed by atoms with Gasteiger partial charge in [0.05, 0.1) is 16.1 Å². The van der Waals surface area contributed by atoms with Crippen LogP contribution in [0, 0.1) is 0 Å². The van der Waals surface area contributed by atoms with Gasteiger partial charge in [-0.1, -0.05) is 0 Å². The van der Waals surface area contributed by atoms with E-state index in [1.165, 1.54) is 6.33 Å². The molecule has 1 aromatic heterocycles. The second-order valence-corrected chi connectivity index (χ2v) is 4.99. The average Bonchev–Trinajstić information content (AvgIpc) is 2.79. The summed E-state index contributed by atoms with van der Waals surface area (Å²) >= 11 is 6.92. The number of hydrogen-bond donors (Lipinski definition) is 2. The van der Waals surface area contributed by atoms with Gasteiger partial charge >= 0.3 is 0 Å². The second kappa shape index (κ2) is 5.50. The Hall–Kier alpha value is -1.08. The number of rotatable bonds is 4. The fraction of sp³-hybridized carbons (Fsp3) is 0.200. The van der Waals surface area contributed by atoms with Gasteiger partial charge in [-0.3, -0.25) is 0 Å². The largest absolute Gasteiger partial charge is 0.494 e. The summed E-state index contributed by atoms with van der Waals surface area (Å²) < 4.78 is 7.05. The van der Waals surface area contributed by atoms with E-state index in [1.54, 1.807) is 7.11 Å². The highest BCUT2D eigenvalue weighted by Crippen LogP contribution is 2.34. The molecule has 0 aliphatic carbocycles. The Morgan fingerprint density at radius 1 is 1.35 bits per heavy atom. The van der Waals surface area contributed by atoms with Gasteiger partial charge in [-0.2, -0.15) is 5.10 Å². The van der Waals surface area contributed by atoms with E-state index in [9.17, 15) is 0 Å². The van der Waals surface area contributed by atoms with Gasteiger partial charge < -0.3 is 10.1 Å². The van der Waals surface area contributed by atoms with Crippen LogP contribution in [-0.4, -0.2) is 22.3 Å². The molecule has 2 rings (SSSR count). The summed E-state index contributed by atoms with van der Waals surface area (Å²) in [6.45, 7) is 0.649. The number of aromatic nitrogens is 3. The summed E-state index contributed by atoms with van der Waals surface area (Å²) in [4.78, 5) is 3.98. The van der Waals surface area contributed by atoms with Gasteiger partial charge in [-0.05, 0) is 49.6 Å². The number of halogens is 2. The van der Waals surface area contributed by atoms with Crippen LogP contribution in [0.3, 0.4) is 0 Å². The van der Waals surface area contributed by atoms with E-state index >= 15 is 0 Å². The molecular weight excluding hydrogens is 352 g/mol. The summed E-state index contributed by atoms with van der Waals surface area (Å²) in [5, 5.41) is 9.62. The van der Waals surface area contributed by atoms with Gasteiger partial charge in [0.15, 0.2) is 0 Å². The minimum atomic E-state index is 0.646. The maximum absolute atomic E-state index is 5.24. The van der Waals surface area contributed by atoms with Gasteiger partial charge in [0.1, 0.15) is 12.1 Å². The van der Waals surface area contributed by atoms with Crippen molar-refractivity contribution in [1.82, 2.24) is 15.2 Å². The van der Waals surface area contributed by atoms with Crippen molar-refractivity contribution in [2.45, 2.75) is 6.54 Å². The van der Waals surface area contributed by atoms with E-state index in [0.717, 1.165) is 20.3 Å². The van der Waals surface area contributed by atoms with Crippen molar-refractivity contribution in [3.8, 4) is 5.75 Å². The average molecular weight is 362 g/mol. The fourth-order valence-corrected chi connectivity index (χ4v) is 2.99. The highest BCUT2D eigenvalue weighted by molar-refractivity contribution is 9.11. The summed E-state index contributed by atoms with van der Waals surface area (Å²) in [5.41, 5.74) is 1.10. The van der Waals surface area contributed by atoms with Crippen LogP contribution in [0.25, 0.3) is 0 Å². The lowest BCUT2D eigenvalue weighted by molar-refractivity contribution is 0.409. The van der Waals surface area contributed by atoms with Crippen LogP contribution in [0.1, 0.15) is 5.56 Å². The van der Waals surface area contributed by atoms with E-state index in [4.69, 9.17) is 4.74 Å². The first kappa shape index (κ1) is 12.4. The fourth-order valence-electron chi connectivity index (χ4n) is 1.39. The van der Waals surface area contributed by atoms with Crippen molar-refractivity contribution < 1.29 is 4.74 Å². The topological polar surface area (TPSA) is 62.8 Å². The van der Waals surface area contributed by atoms with Crippen LogP contribution < -0.4 is 10.1 Å². The maximum atomic E-state index is 5.24. The molecule has 7 heteroatoms. The Kier molecular flexibility index (Phi) is 4.01. The first-order valence-corrected chi connectivity index (χ1v) is 6.40. The van der Waals surface area contributed by atoms with Crippen molar-refractivity contribution >= 4 is 37.8 Å². The molecule has 5 nitrogen and oxygen atoms in total. The Balaban J connectivity index is 2.12. The third kappa shape index (κ3) is 2.98. The van der Waals surface area contributed by atoms with Gasteiger partial charge in [0.25, 0.3) is 0 Å². The molecule has 0 amide bonds. The SMILES string of the molecule is COc1c(Br)cc(CNc2ncn[nH]2)cc1Br. The van der Waals surface area contributed by atoms with Crippen LogP contribution in [-0.2, 0) is 6.54 Å². The van der Waals surface area contributed by atoms with Crippen LogP contribution in [0.15, 0.2) is 27.4 Å². The van der Waals surface area contributed by atoms with Crippen LogP contribution >= 0.6 is 31.9 Å². The molecule has 17 heavy (non-hydrogen) atoms. The number of hydrogen-bond acceptors (Lipinski definition) is 4. The predicted octanol–water partition coefficient (Wildman–Crippen LogP) is 2.95. The van der Waals surface area contributed by atoms with Crippen LogP contribution in [0.4, 0.5) is 5.95 Å².